The molecule has 3 aromatic rings. The lowest BCUT2D eigenvalue weighted by atomic mass is 10.1. The summed E-state index contributed by atoms with van der Waals surface area (Å²) in [6, 6.07) is 15.3. The van der Waals surface area contributed by atoms with Gasteiger partial charge in [-0.25, -0.2) is 8.42 Å². The van der Waals surface area contributed by atoms with Crippen LogP contribution in [0.1, 0.15) is 12.5 Å². The third kappa shape index (κ3) is 5.02. The highest BCUT2D eigenvalue weighted by Gasteiger charge is 2.22. The van der Waals surface area contributed by atoms with E-state index in [0.717, 1.165) is 24.0 Å². The summed E-state index contributed by atoms with van der Waals surface area (Å²) in [6.45, 7) is 2.93. The molecule has 0 atom stereocenters. The van der Waals surface area contributed by atoms with Crippen molar-refractivity contribution in [1.82, 2.24) is 9.47 Å². The van der Waals surface area contributed by atoms with Gasteiger partial charge in [0, 0.05) is 48.4 Å². The van der Waals surface area contributed by atoms with E-state index in [9.17, 15) is 18.5 Å². The Morgan fingerprint density at radius 3 is 2.45 bits per heavy atom. The Morgan fingerprint density at radius 1 is 1.16 bits per heavy atom. The van der Waals surface area contributed by atoms with E-state index < -0.39 is 9.84 Å². The van der Waals surface area contributed by atoms with E-state index in [-0.39, 0.29) is 15.7 Å². The van der Waals surface area contributed by atoms with E-state index in [1.165, 1.54) is 37.3 Å². The molecule has 1 N–H and O–H groups in total. The fourth-order valence-electron chi connectivity index (χ4n) is 3.24. The number of allylic oxidation sites excluding steroid dienone is 1. The van der Waals surface area contributed by atoms with Crippen molar-refractivity contribution < 1.29 is 13.2 Å². The molecule has 0 saturated heterocycles. The Kier molecular flexibility index (Phi) is 6.59. The molecule has 0 aliphatic carbocycles. The quantitative estimate of drug-likeness (QED) is 0.572. The molecule has 0 unspecified atom stereocenters. The number of sulfone groups is 1. The molecule has 0 spiro atoms. The largest absolute Gasteiger partial charge is 0.346 e. The summed E-state index contributed by atoms with van der Waals surface area (Å²) in [5.41, 5.74) is 2.13. The van der Waals surface area contributed by atoms with Crippen molar-refractivity contribution in [1.29, 1.82) is 5.26 Å². The van der Waals surface area contributed by atoms with Crippen LogP contribution in [0.15, 0.2) is 64.5 Å². The number of nitriles is 1. The van der Waals surface area contributed by atoms with Gasteiger partial charge in [-0.3, -0.25) is 4.79 Å². The van der Waals surface area contributed by atoms with Gasteiger partial charge in [-0.2, -0.15) is 5.26 Å². The first kappa shape index (κ1) is 22.3. The molecule has 0 radical (unpaired) electrons. The Labute approximate surface area is 182 Å². The van der Waals surface area contributed by atoms with Gasteiger partial charge in [-0.05, 0) is 50.5 Å². The van der Waals surface area contributed by atoms with Crippen LogP contribution < -0.4 is 5.32 Å². The van der Waals surface area contributed by atoms with Crippen LogP contribution in [0.25, 0.3) is 17.0 Å². The Morgan fingerprint density at radius 2 is 1.84 bits per heavy atom. The smallest absolute Gasteiger partial charge is 0.221 e. The van der Waals surface area contributed by atoms with Gasteiger partial charge >= 0.3 is 0 Å². The summed E-state index contributed by atoms with van der Waals surface area (Å²) >= 11 is 0. The first-order valence-electron chi connectivity index (χ1n) is 9.69. The predicted molar refractivity (Wildman–Crippen MR) is 122 cm³/mol. The number of hydrogen-bond acceptors (Lipinski definition) is 5. The number of carbonyl (C=O) groups is 1. The number of amides is 1. The molecule has 1 heterocycles. The standard InChI is InChI=1S/C23H24N4O3S/c1-17(28)25-19-8-10-20(11-9-19)31(29,30)21(15-24)14-18-16-27(13-12-26(2)3)23-7-5-4-6-22(18)23/h4-11,14,16H,12-13H2,1-3H3,(H,25,28)/b21-14+. The van der Waals surface area contributed by atoms with Crippen LogP contribution in [0.4, 0.5) is 5.69 Å². The molecule has 2 aromatic carbocycles. The number of nitrogens with zero attached hydrogens (tertiary/aromatic N) is 3. The van der Waals surface area contributed by atoms with Gasteiger partial charge in [0.2, 0.25) is 15.7 Å². The minimum absolute atomic E-state index is 0.00857. The van der Waals surface area contributed by atoms with E-state index in [4.69, 9.17) is 0 Å². The average Bonchev–Trinajstić information content (AvgIpc) is 3.08. The van der Waals surface area contributed by atoms with Crippen LogP contribution in [0.3, 0.4) is 0 Å². The lowest BCUT2D eigenvalue weighted by Gasteiger charge is -2.10. The topological polar surface area (TPSA) is 95.2 Å². The Balaban J connectivity index is 2.02. The van der Waals surface area contributed by atoms with Crippen molar-refractivity contribution in [3.63, 3.8) is 0 Å². The summed E-state index contributed by atoms with van der Waals surface area (Å²) in [5.74, 6) is -0.251. The SMILES string of the molecule is CC(=O)Nc1ccc(S(=O)(=O)/C(C#N)=C/c2cn(CCN(C)C)c3ccccc23)cc1. The van der Waals surface area contributed by atoms with Crippen LogP contribution >= 0.6 is 0 Å². The van der Waals surface area contributed by atoms with Gasteiger partial charge < -0.3 is 14.8 Å². The Bertz CT molecular complexity index is 1280. The minimum Gasteiger partial charge on any atom is -0.346 e. The van der Waals surface area contributed by atoms with Crippen LogP contribution in [0.2, 0.25) is 0 Å². The molecule has 31 heavy (non-hydrogen) atoms. The van der Waals surface area contributed by atoms with Crippen LogP contribution in [0, 0.1) is 11.3 Å². The molecule has 160 valence electrons. The number of para-hydroxylation sites is 1. The molecule has 0 fully saturated rings. The fraction of sp³-hybridized carbons (Fsp3) is 0.217. The number of nitrogens with one attached hydrogen (secondary N) is 1. The van der Waals surface area contributed by atoms with E-state index >= 15 is 0 Å². The van der Waals surface area contributed by atoms with Gasteiger partial charge in [-0.1, -0.05) is 18.2 Å². The Hall–Kier alpha value is -3.41. The molecular weight excluding hydrogens is 412 g/mol. The number of benzene rings is 2. The van der Waals surface area contributed by atoms with Gasteiger partial charge in [0.1, 0.15) is 11.0 Å². The average molecular weight is 437 g/mol. The lowest BCUT2D eigenvalue weighted by Crippen LogP contribution is -2.17. The normalized spacial score (nSPS) is 12.2. The maximum absolute atomic E-state index is 13.1. The second-order valence-electron chi connectivity index (χ2n) is 7.43. The number of fused-ring (bicyclic) bond motifs is 1. The highest BCUT2D eigenvalue weighted by atomic mass is 32.2. The number of likely N-dealkylation sites (N-methyl/N-ethyl adjacent to an activating group) is 1. The summed E-state index contributed by atoms with van der Waals surface area (Å²) in [4.78, 5) is 12.9. The molecule has 8 heteroatoms. The summed E-state index contributed by atoms with van der Waals surface area (Å²) in [6.07, 6.45) is 3.30. The number of hydrogen-bond donors (Lipinski definition) is 1. The number of anilines is 1. The predicted octanol–water partition coefficient (Wildman–Crippen LogP) is 3.50. The van der Waals surface area contributed by atoms with Crippen LogP contribution in [0.5, 0.6) is 0 Å². The van der Waals surface area contributed by atoms with E-state index in [0.29, 0.717) is 11.3 Å². The highest BCUT2D eigenvalue weighted by Crippen LogP contribution is 2.27. The molecular formula is C23H24N4O3S. The maximum atomic E-state index is 13.1. The van der Waals surface area contributed by atoms with Gasteiger partial charge in [0.05, 0.1) is 4.90 Å². The molecule has 3 rings (SSSR count). The second kappa shape index (κ2) is 9.16. The van der Waals surface area contributed by atoms with Crippen molar-refractivity contribution in [3.05, 3.63) is 65.2 Å². The van der Waals surface area contributed by atoms with Gasteiger partial charge in [0.25, 0.3) is 0 Å². The van der Waals surface area contributed by atoms with Crippen LogP contribution in [-0.4, -0.2) is 44.4 Å². The zero-order valence-corrected chi connectivity index (χ0v) is 18.5. The van der Waals surface area contributed by atoms with Gasteiger partial charge in [-0.15, -0.1) is 0 Å². The van der Waals surface area contributed by atoms with E-state index in [1.807, 2.05) is 50.6 Å². The van der Waals surface area contributed by atoms with E-state index in [1.54, 1.807) is 0 Å². The second-order valence-corrected chi connectivity index (χ2v) is 9.35. The maximum Gasteiger partial charge on any atom is 0.221 e. The highest BCUT2D eigenvalue weighted by molar-refractivity contribution is 7.95. The van der Waals surface area contributed by atoms with E-state index in [2.05, 4.69) is 14.8 Å². The van der Waals surface area contributed by atoms with Crippen LogP contribution in [-0.2, 0) is 21.2 Å². The molecule has 0 aliphatic rings. The third-order valence-corrected chi connectivity index (χ3v) is 6.46. The number of carbonyl (C=O) groups excluding carboxylic acids is 1. The summed E-state index contributed by atoms with van der Waals surface area (Å²) in [7, 11) is -0.0296. The van der Waals surface area contributed by atoms with Crippen molar-refractivity contribution in [2.45, 2.75) is 18.4 Å². The third-order valence-electron chi connectivity index (χ3n) is 4.78. The first-order chi connectivity index (χ1) is 14.7. The zero-order chi connectivity index (χ0) is 22.6. The van der Waals surface area contributed by atoms with Crippen molar-refractivity contribution in [2.75, 3.05) is 26.0 Å². The zero-order valence-electron chi connectivity index (χ0n) is 17.7. The first-order valence-corrected chi connectivity index (χ1v) is 11.2. The fourth-order valence-corrected chi connectivity index (χ4v) is 4.39. The number of rotatable bonds is 7. The molecule has 1 amide bonds. The molecule has 0 saturated carbocycles. The molecule has 7 nitrogen and oxygen atoms in total. The van der Waals surface area contributed by atoms with Crippen molar-refractivity contribution >= 4 is 38.4 Å². The minimum atomic E-state index is -4.01. The molecule has 1 aromatic heterocycles. The summed E-state index contributed by atoms with van der Waals surface area (Å²) < 4.78 is 28.2. The monoisotopic (exact) mass is 436 g/mol. The molecule has 0 aliphatic heterocycles. The molecule has 0 bridgehead atoms. The lowest BCUT2D eigenvalue weighted by molar-refractivity contribution is -0.114. The van der Waals surface area contributed by atoms with Crippen molar-refractivity contribution in [2.24, 2.45) is 0 Å². The number of aromatic nitrogens is 1. The van der Waals surface area contributed by atoms with Gasteiger partial charge in [0.15, 0.2) is 0 Å². The van der Waals surface area contributed by atoms with Crippen molar-refractivity contribution in [3.8, 4) is 6.07 Å². The summed E-state index contributed by atoms with van der Waals surface area (Å²) in [5, 5.41) is 13.1.